The molecule has 0 N–H and O–H groups in total. The fraction of sp³-hybridized carbons (Fsp3) is 0.875. The quantitative estimate of drug-likeness (QED) is 0.208. The largest absolute Gasteiger partial charge is 0.542 e. The van der Waals surface area contributed by atoms with E-state index in [-0.39, 0.29) is 0 Å². The molecule has 3 saturated carbocycles. The van der Waals surface area contributed by atoms with Gasteiger partial charge < -0.3 is 9.90 Å². The second-order valence-corrected chi connectivity index (χ2v) is 12.8. The molecule has 0 amide bonds. The topological polar surface area (TPSA) is 40.1 Å². The van der Waals surface area contributed by atoms with Crippen LogP contribution >= 0.6 is 7.92 Å². The van der Waals surface area contributed by atoms with E-state index in [9.17, 15) is 13.2 Å². The molecule has 7 heteroatoms. The van der Waals surface area contributed by atoms with E-state index in [4.69, 9.17) is 9.90 Å². The van der Waals surface area contributed by atoms with Gasteiger partial charge in [0.25, 0.3) is 0 Å². The molecule has 2 nitrogen and oxygen atoms in total. The van der Waals surface area contributed by atoms with Gasteiger partial charge in [-0.15, -0.1) is 0 Å². The number of allylic oxidation sites excluding steroid dienone is 1. The van der Waals surface area contributed by atoms with Crippen molar-refractivity contribution in [3.63, 3.8) is 0 Å². The Hall–Kier alpha value is 0.0923. The second kappa shape index (κ2) is 15.8. The van der Waals surface area contributed by atoms with E-state index < -0.39 is 12.1 Å². The molecule has 0 bridgehead atoms. The van der Waals surface area contributed by atoms with Gasteiger partial charge in [-0.2, -0.15) is 13.2 Å². The van der Waals surface area contributed by atoms with Gasteiger partial charge in [0.1, 0.15) is 5.97 Å². The summed E-state index contributed by atoms with van der Waals surface area (Å²) in [5.41, 5.74) is 4.76. The molecule has 3 aliphatic rings. The first-order valence-electron chi connectivity index (χ1n) is 11.9. The number of carbonyl (C=O) groups is 1. The molecule has 0 saturated heterocycles. The zero-order valence-corrected chi connectivity index (χ0v) is 21.4. The van der Waals surface area contributed by atoms with Gasteiger partial charge in [-0.25, -0.2) is 0 Å². The summed E-state index contributed by atoms with van der Waals surface area (Å²) < 4.78 is 31.5. The van der Waals surface area contributed by atoms with Crippen LogP contribution in [0.5, 0.6) is 0 Å². The molecule has 0 spiro atoms. The molecule has 0 unspecified atom stereocenters. The zero-order chi connectivity index (χ0) is 23.3. The van der Waals surface area contributed by atoms with Crippen LogP contribution in [0.15, 0.2) is 12.2 Å². The van der Waals surface area contributed by atoms with Gasteiger partial charge in [-0.05, 0) is 55.5 Å². The van der Waals surface area contributed by atoms with Crippen molar-refractivity contribution >= 4 is 13.9 Å². The average Bonchev–Trinajstić information content (AvgIpc) is 2.76. The van der Waals surface area contributed by atoms with E-state index in [1.54, 1.807) is 77.0 Å². The van der Waals surface area contributed by atoms with Crippen LogP contribution in [0.3, 0.4) is 0 Å². The van der Waals surface area contributed by atoms with E-state index in [0.29, 0.717) is 7.92 Å². The number of rotatable bonds is 4. The van der Waals surface area contributed by atoms with Gasteiger partial charge in [0.2, 0.25) is 0 Å². The maximum Gasteiger partial charge on any atom is 0.430 e. The third-order valence-corrected chi connectivity index (χ3v) is 11.4. The number of hydrogen-bond acceptors (Lipinski definition) is 2. The van der Waals surface area contributed by atoms with Gasteiger partial charge in [-0.1, -0.05) is 65.7 Å². The summed E-state index contributed by atoms with van der Waals surface area (Å²) in [6.07, 6.45) is 18.4. The van der Waals surface area contributed by atoms with Crippen molar-refractivity contribution < 1.29 is 42.3 Å². The molecule has 3 fully saturated rings. The predicted molar refractivity (Wildman–Crippen MR) is 118 cm³/mol. The van der Waals surface area contributed by atoms with Crippen molar-refractivity contribution in [1.29, 1.82) is 0 Å². The van der Waals surface area contributed by atoms with Crippen molar-refractivity contribution in [3.05, 3.63) is 12.2 Å². The summed E-state index contributed by atoms with van der Waals surface area (Å²) in [6, 6.07) is 0. The summed E-state index contributed by atoms with van der Waals surface area (Å²) in [5, 5.41) is 8.78. The zero-order valence-electron chi connectivity index (χ0n) is 19.0. The minimum atomic E-state index is -5.19. The SMILES string of the molecule is C1CCC(P(C2CCCCC2)C2CCCCC2)CC1.C=C(C)[CH2][Pd+].O=C([O-])C(F)(F)F. The van der Waals surface area contributed by atoms with E-state index in [1.165, 1.54) is 41.8 Å². The first kappa shape index (κ1) is 29.1. The minimum absolute atomic E-state index is 0.385. The van der Waals surface area contributed by atoms with Crippen molar-refractivity contribution in [2.45, 2.75) is 131 Å². The van der Waals surface area contributed by atoms with Crippen LogP contribution in [-0.4, -0.2) is 29.1 Å². The summed E-state index contributed by atoms with van der Waals surface area (Å²) in [6.45, 7) is 5.63. The van der Waals surface area contributed by atoms with Crippen molar-refractivity contribution in [2.75, 3.05) is 0 Å². The van der Waals surface area contributed by atoms with E-state index in [1.807, 2.05) is 6.92 Å². The normalized spacial score (nSPS) is 21.5. The number of aliphatic carboxylic acids is 1. The molecule has 31 heavy (non-hydrogen) atoms. The van der Waals surface area contributed by atoms with Gasteiger partial charge in [0.15, 0.2) is 0 Å². The smallest absolute Gasteiger partial charge is 0.430 e. The molecule has 0 atom stereocenters. The molecule has 0 heterocycles. The molecule has 3 rings (SSSR count). The molecule has 0 aromatic rings. The van der Waals surface area contributed by atoms with E-state index in [0.717, 1.165) is 4.89 Å². The Labute approximate surface area is 199 Å². The van der Waals surface area contributed by atoms with Crippen molar-refractivity contribution in [3.8, 4) is 0 Å². The van der Waals surface area contributed by atoms with Crippen LogP contribution in [0.25, 0.3) is 0 Å². The molecular weight excluding hydrogens is 515 g/mol. The van der Waals surface area contributed by atoms with Crippen LogP contribution in [0.1, 0.15) is 103 Å². The van der Waals surface area contributed by atoms with Crippen molar-refractivity contribution in [1.82, 2.24) is 0 Å². The molecule has 0 aromatic carbocycles. The molecule has 0 radical (unpaired) electrons. The van der Waals surface area contributed by atoms with Crippen LogP contribution < -0.4 is 5.11 Å². The monoisotopic (exact) mass is 554 g/mol. The Morgan fingerprint density at radius 3 is 1.23 bits per heavy atom. The first-order chi connectivity index (χ1) is 14.7. The summed E-state index contributed by atoms with van der Waals surface area (Å²) in [4.78, 5) is 9.75. The number of halogens is 3. The number of hydrogen-bond donors (Lipinski definition) is 0. The number of alkyl halides is 3. The number of carboxylic acids is 1. The van der Waals surface area contributed by atoms with E-state index in [2.05, 4.69) is 25.8 Å². The Bertz CT molecular complexity index is 467. The standard InChI is InChI=1S/C18H33P.C4H7.C2HF3O2.Pd/c1-4-10-16(11-5-1)19(17-12-6-2-7-13-17)18-14-8-3-9-15-18;1-4(2)3;3-2(4,5)1(6)7;/h16-18H,1-15H2;1-2H2,3H3;(H,6,7);/q;;;+1/p-1. The third kappa shape index (κ3) is 12.2. The van der Waals surface area contributed by atoms with Crippen LogP contribution in [0.2, 0.25) is 4.89 Å². The number of carbonyl (C=O) groups excluding carboxylic acids is 1. The molecular formula is C24H40F3O2PPd. The van der Waals surface area contributed by atoms with Gasteiger partial charge in [0.05, 0.1) is 0 Å². The Kier molecular flexibility index (Phi) is 14.9. The molecule has 3 aliphatic carbocycles. The molecule has 184 valence electrons. The predicted octanol–water partition coefficient (Wildman–Crippen LogP) is 7.29. The number of carboxylic acid groups (broad SMARTS) is 1. The van der Waals surface area contributed by atoms with Crippen molar-refractivity contribution in [2.24, 2.45) is 0 Å². The minimum Gasteiger partial charge on any atom is -0.542 e. The molecule has 0 aliphatic heterocycles. The Morgan fingerprint density at radius 2 is 1.06 bits per heavy atom. The molecule has 0 aromatic heterocycles. The Morgan fingerprint density at radius 1 is 0.839 bits per heavy atom. The first-order valence-corrected chi connectivity index (χ1v) is 14.5. The van der Waals surface area contributed by atoms with Crippen LogP contribution in [0, 0.1) is 0 Å². The fourth-order valence-electron chi connectivity index (χ4n) is 5.03. The van der Waals surface area contributed by atoms with E-state index >= 15 is 0 Å². The van der Waals surface area contributed by atoms with Crippen LogP contribution in [0.4, 0.5) is 13.2 Å². The van der Waals surface area contributed by atoms with Gasteiger partial charge >= 0.3 is 49.3 Å². The van der Waals surface area contributed by atoms with Gasteiger partial charge in [-0.3, -0.25) is 0 Å². The summed E-state index contributed by atoms with van der Waals surface area (Å²) >= 11 is 2.99. The summed E-state index contributed by atoms with van der Waals surface area (Å²) in [5.74, 6) is -3.01. The third-order valence-electron chi connectivity index (χ3n) is 6.41. The maximum atomic E-state index is 10.5. The Balaban J connectivity index is 0.000000334. The van der Waals surface area contributed by atoms with Crippen LogP contribution in [-0.2, 0) is 24.0 Å². The average molecular weight is 555 g/mol. The fourth-order valence-corrected chi connectivity index (χ4v) is 9.71. The summed E-state index contributed by atoms with van der Waals surface area (Å²) in [7, 11) is 0.385. The van der Waals surface area contributed by atoms with Gasteiger partial charge in [0, 0.05) is 0 Å². The maximum absolute atomic E-state index is 10.5. The second-order valence-electron chi connectivity index (χ2n) is 9.18.